The van der Waals surface area contributed by atoms with Crippen molar-refractivity contribution >= 4 is 12.4 Å². The van der Waals surface area contributed by atoms with Gasteiger partial charge in [-0.15, -0.1) is 12.4 Å². The first-order valence-electron chi connectivity index (χ1n) is 4.13. The third kappa shape index (κ3) is 0.507. The molecule has 0 aliphatic heterocycles. The zero-order chi connectivity index (χ0) is 6.01. The number of hydrogen-bond acceptors (Lipinski definition) is 1. The topological polar surface area (TPSA) is 26.0 Å². The van der Waals surface area contributed by atoms with E-state index in [-0.39, 0.29) is 12.4 Å². The van der Waals surface area contributed by atoms with Gasteiger partial charge in [0, 0.05) is 6.04 Å². The molecule has 0 saturated heterocycles. The van der Waals surface area contributed by atoms with Crippen LogP contribution in [0.15, 0.2) is 0 Å². The normalized spacial score (nSPS) is 61.5. The lowest BCUT2D eigenvalue weighted by atomic mass is 9.38. The monoisotopic (exact) mass is 159 g/mol. The van der Waals surface area contributed by atoms with Crippen molar-refractivity contribution in [2.45, 2.75) is 25.3 Å². The molecule has 3 aliphatic carbocycles. The summed E-state index contributed by atoms with van der Waals surface area (Å²) in [6.07, 6.45) is 4.38. The van der Waals surface area contributed by atoms with Gasteiger partial charge < -0.3 is 5.73 Å². The van der Waals surface area contributed by atoms with Gasteiger partial charge >= 0.3 is 0 Å². The van der Waals surface area contributed by atoms with Crippen molar-refractivity contribution in [1.29, 1.82) is 0 Å². The molecule has 0 aromatic heterocycles. The Morgan fingerprint density at radius 1 is 1.00 bits per heavy atom. The van der Waals surface area contributed by atoms with Gasteiger partial charge in [0.1, 0.15) is 0 Å². The van der Waals surface area contributed by atoms with Gasteiger partial charge in [-0.05, 0) is 42.9 Å². The maximum atomic E-state index is 5.85. The van der Waals surface area contributed by atoms with Gasteiger partial charge in [0.25, 0.3) is 0 Å². The molecule has 2 heteroatoms. The van der Waals surface area contributed by atoms with E-state index >= 15 is 0 Å². The number of fused-ring (bicyclic) bond motifs is 4. The van der Waals surface area contributed by atoms with Crippen LogP contribution in [0.1, 0.15) is 19.3 Å². The summed E-state index contributed by atoms with van der Waals surface area (Å²) < 4.78 is 0. The first kappa shape index (κ1) is 6.93. The third-order valence-electron chi connectivity index (χ3n) is 3.96. The lowest BCUT2D eigenvalue weighted by Crippen LogP contribution is -2.67. The van der Waals surface area contributed by atoms with E-state index in [4.69, 9.17) is 5.73 Å². The van der Waals surface area contributed by atoms with Crippen LogP contribution in [0.3, 0.4) is 0 Å². The van der Waals surface area contributed by atoms with Crippen LogP contribution in [0.2, 0.25) is 0 Å². The number of rotatable bonds is 0. The van der Waals surface area contributed by atoms with Gasteiger partial charge in [0.05, 0.1) is 0 Å². The highest BCUT2D eigenvalue weighted by Crippen LogP contribution is 2.66. The summed E-state index contributed by atoms with van der Waals surface area (Å²) in [6, 6.07) is 0.608. The molecule has 0 bridgehead atoms. The Hall–Kier alpha value is 0.250. The first-order valence-corrected chi connectivity index (χ1v) is 4.13. The molecule has 0 radical (unpaired) electrons. The van der Waals surface area contributed by atoms with E-state index in [1.165, 1.54) is 19.3 Å². The van der Waals surface area contributed by atoms with Crippen LogP contribution in [-0.2, 0) is 0 Å². The molecule has 0 amide bonds. The Morgan fingerprint density at radius 3 is 2.00 bits per heavy atom. The van der Waals surface area contributed by atoms with Crippen LogP contribution in [0.5, 0.6) is 0 Å². The van der Waals surface area contributed by atoms with Crippen molar-refractivity contribution in [2.24, 2.45) is 29.4 Å². The molecular formula is C8H14ClN. The Kier molecular flexibility index (Phi) is 1.31. The minimum absolute atomic E-state index is 0. The van der Waals surface area contributed by atoms with Crippen molar-refractivity contribution in [1.82, 2.24) is 0 Å². The largest absolute Gasteiger partial charge is 0.327 e. The molecule has 0 heterocycles. The van der Waals surface area contributed by atoms with Gasteiger partial charge in [-0.2, -0.15) is 0 Å². The average molecular weight is 160 g/mol. The van der Waals surface area contributed by atoms with Gasteiger partial charge in [-0.3, -0.25) is 0 Å². The van der Waals surface area contributed by atoms with Crippen LogP contribution in [0.4, 0.5) is 0 Å². The van der Waals surface area contributed by atoms with Gasteiger partial charge in [-0.1, -0.05) is 0 Å². The third-order valence-corrected chi connectivity index (χ3v) is 3.96. The number of nitrogens with two attached hydrogens (primary N) is 1. The van der Waals surface area contributed by atoms with E-state index in [2.05, 4.69) is 0 Å². The zero-order valence-electron chi connectivity index (χ0n) is 5.99. The summed E-state index contributed by atoms with van der Waals surface area (Å²) in [5, 5.41) is 0. The van der Waals surface area contributed by atoms with Gasteiger partial charge in [0.15, 0.2) is 0 Å². The zero-order valence-corrected chi connectivity index (χ0v) is 6.81. The number of halogens is 1. The maximum absolute atomic E-state index is 5.85. The molecule has 5 atom stereocenters. The minimum atomic E-state index is 0. The smallest absolute Gasteiger partial charge is 0.00755 e. The molecule has 0 aromatic carbocycles. The molecule has 58 valence electrons. The lowest BCUT2D eigenvalue weighted by molar-refractivity contribution is -0.177. The molecule has 1 nitrogen and oxygen atoms in total. The maximum Gasteiger partial charge on any atom is 0.00755 e. The van der Waals surface area contributed by atoms with Crippen molar-refractivity contribution < 1.29 is 0 Å². The predicted molar refractivity (Wildman–Crippen MR) is 43.0 cm³/mol. The second kappa shape index (κ2) is 1.89. The molecule has 3 rings (SSSR count). The summed E-state index contributed by atoms with van der Waals surface area (Å²) in [7, 11) is 0. The van der Waals surface area contributed by atoms with E-state index in [0.29, 0.717) is 6.04 Å². The fourth-order valence-corrected chi connectivity index (χ4v) is 3.26. The second-order valence-corrected chi connectivity index (χ2v) is 4.05. The Bertz CT molecular complexity index is 153. The molecule has 3 aliphatic rings. The van der Waals surface area contributed by atoms with Gasteiger partial charge in [-0.25, -0.2) is 0 Å². The molecule has 3 fully saturated rings. The fourth-order valence-electron chi connectivity index (χ4n) is 3.26. The quantitative estimate of drug-likeness (QED) is 0.569. The minimum Gasteiger partial charge on any atom is -0.327 e. The first-order chi connectivity index (χ1) is 4.38. The summed E-state index contributed by atoms with van der Waals surface area (Å²) in [5.74, 6) is 4.33. The van der Waals surface area contributed by atoms with Gasteiger partial charge in [0.2, 0.25) is 0 Å². The van der Waals surface area contributed by atoms with Crippen molar-refractivity contribution in [3.05, 3.63) is 0 Å². The molecule has 5 unspecified atom stereocenters. The van der Waals surface area contributed by atoms with E-state index < -0.39 is 0 Å². The molecule has 3 saturated carbocycles. The Balaban J connectivity index is 0.000000403. The van der Waals surface area contributed by atoms with E-state index in [1.807, 2.05) is 0 Å². The number of hydrogen-bond donors (Lipinski definition) is 1. The van der Waals surface area contributed by atoms with Crippen molar-refractivity contribution in [3.63, 3.8) is 0 Å². The predicted octanol–water partition coefficient (Wildman–Crippen LogP) is 1.41. The molecule has 2 N–H and O–H groups in total. The summed E-state index contributed by atoms with van der Waals surface area (Å²) in [5.41, 5.74) is 5.85. The van der Waals surface area contributed by atoms with Crippen LogP contribution in [0, 0.1) is 23.7 Å². The van der Waals surface area contributed by atoms with Crippen LogP contribution >= 0.6 is 12.4 Å². The highest BCUT2D eigenvalue weighted by molar-refractivity contribution is 5.85. The lowest BCUT2D eigenvalue weighted by Gasteiger charge is -2.68. The molecular weight excluding hydrogens is 146 g/mol. The van der Waals surface area contributed by atoms with E-state index in [0.717, 1.165) is 23.7 Å². The van der Waals surface area contributed by atoms with Crippen LogP contribution < -0.4 is 5.73 Å². The summed E-state index contributed by atoms with van der Waals surface area (Å²) in [4.78, 5) is 0. The van der Waals surface area contributed by atoms with Crippen LogP contribution in [-0.4, -0.2) is 6.04 Å². The Morgan fingerprint density at radius 2 is 1.70 bits per heavy atom. The second-order valence-electron chi connectivity index (χ2n) is 4.05. The van der Waals surface area contributed by atoms with E-state index in [9.17, 15) is 0 Å². The standard InChI is InChI=1S/C8H13N.ClH/c9-7-3-6-4-1-2-5(4)8(6)7;/h4-8H,1-3,9H2;1H. The fraction of sp³-hybridized carbons (Fsp3) is 1.00. The SMILES string of the molecule is Cl.NC1CC2C3CCC3C12. The van der Waals surface area contributed by atoms with E-state index in [1.54, 1.807) is 0 Å². The molecule has 0 aromatic rings. The molecule has 10 heavy (non-hydrogen) atoms. The average Bonchev–Trinajstić information content (AvgIpc) is 1.79. The highest BCUT2D eigenvalue weighted by atomic mass is 35.5. The van der Waals surface area contributed by atoms with Crippen LogP contribution in [0.25, 0.3) is 0 Å². The molecule has 0 spiro atoms. The summed E-state index contributed by atoms with van der Waals surface area (Å²) >= 11 is 0. The Labute approximate surface area is 67.8 Å². The summed E-state index contributed by atoms with van der Waals surface area (Å²) in [6.45, 7) is 0. The highest BCUT2D eigenvalue weighted by Gasteiger charge is 2.62. The van der Waals surface area contributed by atoms with Crippen molar-refractivity contribution in [2.75, 3.05) is 0 Å². The van der Waals surface area contributed by atoms with Crippen molar-refractivity contribution in [3.8, 4) is 0 Å².